The van der Waals surface area contributed by atoms with E-state index in [1.54, 1.807) is 6.92 Å². The molecule has 1 aliphatic carbocycles. The Morgan fingerprint density at radius 1 is 1.13 bits per heavy atom. The first kappa shape index (κ1) is 14.7. The van der Waals surface area contributed by atoms with Crippen LogP contribution in [0.4, 0.5) is 0 Å². The van der Waals surface area contributed by atoms with Crippen molar-refractivity contribution in [3.8, 4) is 11.3 Å². The fourth-order valence-electron chi connectivity index (χ4n) is 3.53. The molecule has 0 radical (unpaired) electrons. The maximum atomic E-state index is 10.3. The molecule has 0 saturated carbocycles. The molecule has 0 aliphatic heterocycles. The molecular formula is C19H19ClN2O. The predicted octanol–water partition coefficient (Wildman–Crippen LogP) is 4.59. The first-order chi connectivity index (χ1) is 11.1. The molecule has 3 nitrogen and oxygen atoms in total. The molecular weight excluding hydrogens is 308 g/mol. The molecule has 0 saturated heterocycles. The zero-order valence-corrected chi connectivity index (χ0v) is 13.8. The van der Waals surface area contributed by atoms with Gasteiger partial charge in [-0.2, -0.15) is 0 Å². The summed E-state index contributed by atoms with van der Waals surface area (Å²) in [5.74, 6) is 0. The number of pyridine rings is 1. The van der Waals surface area contributed by atoms with Crippen LogP contribution in [0.1, 0.15) is 42.7 Å². The van der Waals surface area contributed by atoms with Crippen molar-refractivity contribution in [2.45, 2.75) is 38.7 Å². The van der Waals surface area contributed by atoms with E-state index in [1.165, 1.54) is 30.4 Å². The quantitative estimate of drug-likeness (QED) is 0.748. The Morgan fingerprint density at radius 3 is 2.70 bits per heavy atom. The van der Waals surface area contributed by atoms with Crippen LogP contribution in [0.15, 0.2) is 36.5 Å². The fraction of sp³-hybridized carbons (Fsp3) is 0.316. The number of nitrogens with zero attached hydrogens (tertiary/aromatic N) is 2. The topological polar surface area (TPSA) is 37.5 Å². The summed E-state index contributed by atoms with van der Waals surface area (Å²) in [7, 11) is 0. The number of aromatic nitrogens is 2. The number of aryl methyl sites for hydroxylation is 2. The van der Waals surface area contributed by atoms with Crippen LogP contribution in [0.5, 0.6) is 0 Å². The highest BCUT2D eigenvalue weighted by molar-refractivity contribution is 6.30. The third-order valence-corrected chi connectivity index (χ3v) is 4.86. The summed E-state index contributed by atoms with van der Waals surface area (Å²) in [6.07, 6.45) is 6.02. The maximum Gasteiger partial charge on any atom is 0.137 e. The molecule has 0 amide bonds. The second kappa shape index (κ2) is 5.66. The van der Waals surface area contributed by atoms with Crippen LogP contribution < -0.4 is 0 Å². The summed E-state index contributed by atoms with van der Waals surface area (Å²) in [4.78, 5) is 4.74. The number of aliphatic hydroxyl groups is 1. The molecule has 1 aromatic carbocycles. The number of imidazole rings is 1. The van der Waals surface area contributed by atoms with Crippen molar-refractivity contribution in [2.24, 2.45) is 0 Å². The van der Waals surface area contributed by atoms with Gasteiger partial charge in [-0.15, -0.1) is 0 Å². The van der Waals surface area contributed by atoms with Gasteiger partial charge in [0.15, 0.2) is 0 Å². The van der Waals surface area contributed by atoms with E-state index in [0.717, 1.165) is 29.0 Å². The van der Waals surface area contributed by atoms with Crippen molar-refractivity contribution in [3.63, 3.8) is 0 Å². The van der Waals surface area contributed by atoms with Gasteiger partial charge >= 0.3 is 0 Å². The molecule has 1 aliphatic rings. The zero-order chi connectivity index (χ0) is 16.0. The van der Waals surface area contributed by atoms with E-state index in [4.69, 9.17) is 16.6 Å². The molecule has 2 aromatic heterocycles. The first-order valence-electron chi connectivity index (χ1n) is 8.11. The number of fused-ring (bicyclic) bond motifs is 2. The van der Waals surface area contributed by atoms with Crippen LogP contribution in [0.25, 0.3) is 16.9 Å². The lowest BCUT2D eigenvalue weighted by Crippen LogP contribution is -2.03. The van der Waals surface area contributed by atoms with Gasteiger partial charge in [-0.3, -0.25) is 4.40 Å². The Kier molecular flexibility index (Phi) is 3.63. The average molecular weight is 327 g/mol. The minimum Gasteiger partial charge on any atom is -0.387 e. The number of aliphatic hydroxyl groups excluding tert-OH is 1. The van der Waals surface area contributed by atoms with Gasteiger partial charge in [0.2, 0.25) is 0 Å². The van der Waals surface area contributed by atoms with Crippen molar-refractivity contribution < 1.29 is 5.11 Å². The van der Waals surface area contributed by atoms with Gasteiger partial charge in [-0.1, -0.05) is 23.7 Å². The second-order valence-electron chi connectivity index (χ2n) is 6.29. The van der Waals surface area contributed by atoms with Crippen molar-refractivity contribution in [1.82, 2.24) is 9.38 Å². The van der Waals surface area contributed by atoms with Crippen molar-refractivity contribution in [1.29, 1.82) is 0 Å². The van der Waals surface area contributed by atoms with Crippen molar-refractivity contribution >= 4 is 17.2 Å². The van der Waals surface area contributed by atoms with E-state index < -0.39 is 6.10 Å². The highest BCUT2D eigenvalue weighted by atomic mass is 35.5. The van der Waals surface area contributed by atoms with E-state index in [1.807, 2.05) is 22.7 Å². The molecule has 0 fully saturated rings. The van der Waals surface area contributed by atoms with Crippen LogP contribution in [0.3, 0.4) is 0 Å². The fourth-order valence-corrected chi connectivity index (χ4v) is 3.69. The Hall–Kier alpha value is -1.84. The molecule has 1 unspecified atom stereocenters. The van der Waals surface area contributed by atoms with E-state index in [2.05, 4.69) is 18.2 Å². The molecule has 0 spiro atoms. The molecule has 0 bridgehead atoms. The molecule has 3 aromatic rings. The van der Waals surface area contributed by atoms with Gasteiger partial charge in [0.25, 0.3) is 0 Å². The van der Waals surface area contributed by atoms with Gasteiger partial charge in [-0.05, 0) is 61.9 Å². The largest absolute Gasteiger partial charge is 0.387 e. The summed E-state index contributed by atoms with van der Waals surface area (Å²) in [6.45, 7) is 1.77. The van der Waals surface area contributed by atoms with Crippen LogP contribution in [0.2, 0.25) is 5.02 Å². The summed E-state index contributed by atoms with van der Waals surface area (Å²) < 4.78 is 1.89. The Balaban J connectivity index is 1.93. The number of rotatable bonds is 2. The van der Waals surface area contributed by atoms with Gasteiger partial charge in [0.1, 0.15) is 5.65 Å². The van der Waals surface area contributed by atoms with E-state index in [-0.39, 0.29) is 0 Å². The molecule has 23 heavy (non-hydrogen) atoms. The van der Waals surface area contributed by atoms with E-state index >= 15 is 0 Å². The molecule has 4 heteroatoms. The standard InChI is InChI=1S/C19H19ClN2O/c1-12(23)19-18(21-17-9-8-16(20)11-22(17)19)15-7-6-13-4-2-3-5-14(13)10-15/h6-12,23H,2-5H2,1H3. The SMILES string of the molecule is CC(O)c1c(-c2ccc3c(c2)CCCC3)nc2ccc(Cl)cn12. The van der Waals surface area contributed by atoms with Gasteiger partial charge in [0, 0.05) is 11.8 Å². The Morgan fingerprint density at radius 2 is 1.91 bits per heavy atom. The Labute approximate surface area is 140 Å². The lowest BCUT2D eigenvalue weighted by molar-refractivity contribution is 0.194. The summed E-state index contributed by atoms with van der Waals surface area (Å²) in [5.41, 5.74) is 6.37. The monoisotopic (exact) mass is 326 g/mol. The first-order valence-corrected chi connectivity index (χ1v) is 8.49. The van der Waals surface area contributed by atoms with Crippen LogP contribution in [0, 0.1) is 0 Å². The average Bonchev–Trinajstić information content (AvgIpc) is 2.93. The van der Waals surface area contributed by atoms with Crippen molar-refractivity contribution in [3.05, 3.63) is 58.4 Å². The lowest BCUT2D eigenvalue weighted by atomic mass is 9.89. The van der Waals surface area contributed by atoms with Gasteiger partial charge < -0.3 is 5.11 Å². The van der Waals surface area contributed by atoms with Crippen LogP contribution in [-0.4, -0.2) is 14.5 Å². The zero-order valence-electron chi connectivity index (χ0n) is 13.1. The normalized spacial score (nSPS) is 15.6. The summed E-state index contributed by atoms with van der Waals surface area (Å²) >= 11 is 6.12. The summed E-state index contributed by atoms with van der Waals surface area (Å²) in [6, 6.07) is 10.3. The van der Waals surface area contributed by atoms with E-state index in [9.17, 15) is 5.11 Å². The van der Waals surface area contributed by atoms with Crippen LogP contribution in [-0.2, 0) is 12.8 Å². The molecule has 2 heterocycles. The summed E-state index contributed by atoms with van der Waals surface area (Å²) in [5, 5.41) is 10.9. The second-order valence-corrected chi connectivity index (χ2v) is 6.72. The minimum atomic E-state index is -0.616. The third kappa shape index (κ3) is 2.54. The highest BCUT2D eigenvalue weighted by Gasteiger charge is 2.19. The van der Waals surface area contributed by atoms with Gasteiger partial charge in [-0.25, -0.2) is 4.98 Å². The van der Waals surface area contributed by atoms with Gasteiger partial charge in [0.05, 0.1) is 22.5 Å². The minimum absolute atomic E-state index is 0.616. The maximum absolute atomic E-state index is 10.3. The lowest BCUT2D eigenvalue weighted by Gasteiger charge is -2.16. The smallest absolute Gasteiger partial charge is 0.137 e. The third-order valence-electron chi connectivity index (χ3n) is 4.64. The number of hydrogen-bond acceptors (Lipinski definition) is 2. The Bertz CT molecular complexity index is 882. The number of benzene rings is 1. The molecule has 118 valence electrons. The van der Waals surface area contributed by atoms with E-state index in [0.29, 0.717) is 5.02 Å². The molecule has 4 rings (SSSR count). The predicted molar refractivity (Wildman–Crippen MR) is 92.9 cm³/mol. The number of halogens is 1. The molecule has 1 atom stereocenters. The van der Waals surface area contributed by atoms with Crippen LogP contribution >= 0.6 is 11.6 Å². The highest BCUT2D eigenvalue weighted by Crippen LogP contribution is 2.32. The van der Waals surface area contributed by atoms with Crippen molar-refractivity contribution in [2.75, 3.05) is 0 Å². The number of hydrogen-bond donors (Lipinski definition) is 1. The molecule has 1 N–H and O–H groups in total.